The number of hydrogen-bond donors (Lipinski definition) is 0. The molecule has 6 heteroatoms. The summed E-state index contributed by atoms with van der Waals surface area (Å²) in [5.74, 6) is 0. The minimum atomic E-state index is -0.486. The molecule has 1 aromatic heterocycles. The number of para-hydroxylation sites is 1. The first kappa shape index (κ1) is 16.2. The molecule has 0 bridgehead atoms. The van der Waals surface area contributed by atoms with Crippen LogP contribution in [0, 0.1) is 17.0 Å². The Bertz CT molecular complexity index is 866. The average Bonchev–Trinajstić information content (AvgIpc) is 2.47. The highest BCUT2D eigenvalue weighted by Crippen LogP contribution is 2.31. The highest BCUT2D eigenvalue weighted by atomic mass is 35.5. The number of pyridine rings is 1. The number of benzene rings is 2. The van der Waals surface area contributed by atoms with Gasteiger partial charge in [-0.15, -0.1) is 12.4 Å². The molecule has 0 aliphatic heterocycles. The van der Waals surface area contributed by atoms with Crippen LogP contribution in [0.4, 0.5) is 5.69 Å². The van der Waals surface area contributed by atoms with E-state index in [0.29, 0.717) is 11.3 Å². The third-order valence-corrected chi connectivity index (χ3v) is 3.68. The summed E-state index contributed by atoms with van der Waals surface area (Å²) in [5, 5.41) is 12.2. The lowest BCUT2D eigenvalue weighted by molar-refractivity contribution is -0.384. The van der Waals surface area contributed by atoms with Crippen LogP contribution in [0.1, 0.15) is 5.56 Å². The predicted molar refractivity (Wildman–Crippen MR) is 90.8 cm³/mol. The van der Waals surface area contributed by atoms with E-state index in [1.165, 1.54) is 12.1 Å². The number of aryl methyl sites for hydroxylation is 1. The maximum atomic E-state index is 11.0. The summed E-state index contributed by atoms with van der Waals surface area (Å²) in [6.45, 7) is 2.00. The lowest BCUT2D eigenvalue weighted by atomic mass is 10.0. The molecule has 0 atom stereocenters. The fourth-order valence-corrected chi connectivity index (χ4v) is 2.50. The molecule has 0 radical (unpaired) electrons. The van der Waals surface area contributed by atoms with Crippen molar-refractivity contribution < 1.29 is 4.92 Å². The lowest BCUT2D eigenvalue weighted by Gasteiger charge is -2.07. The van der Waals surface area contributed by atoms with E-state index in [1.54, 1.807) is 6.07 Å². The SMILES string of the molecule is Cc1cc(-c2ccc(Cl)c([N+](=O)[O-])c2)nc2ccccc12.Cl. The van der Waals surface area contributed by atoms with Gasteiger partial charge in [0.15, 0.2) is 0 Å². The van der Waals surface area contributed by atoms with Crippen LogP contribution in [0.25, 0.3) is 22.2 Å². The van der Waals surface area contributed by atoms with Crippen LogP contribution in [0.5, 0.6) is 0 Å². The minimum absolute atomic E-state index is 0. The lowest BCUT2D eigenvalue weighted by Crippen LogP contribution is -1.92. The van der Waals surface area contributed by atoms with Crippen molar-refractivity contribution in [3.05, 3.63) is 69.2 Å². The Hall–Kier alpha value is -2.17. The van der Waals surface area contributed by atoms with Gasteiger partial charge in [0.2, 0.25) is 0 Å². The molecule has 0 N–H and O–H groups in total. The Morgan fingerprint density at radius 3 is 2.59 bits per heavy atom. The molecule has 0 aliphatic rings. The predicted octanol–water partition coefficient (Wildman–Crippen LogP) is 5.19. The number of hydrogen-bond acceptors (Lipinski definition) is 3. The first-order valence-electron chi connectivity index (χ1n) is 6.37. The highest BCUT2D eigenvalue weighted by molar-refractivity contribution is 6.32. The van der Waals surface area contributed by atoms with Gasteiger partial charge in [-0.25, -0.2) is 4.98 Å². The summed E-state index contributed by atoms with van der Waals surface area (Å²) >= 11 is 5.84. The van der Waals surface area contributed by atoms with Gasteiger partial charge in [-0.3, -0.25) is 10.1 Å². The molecule has 112 valence electrons. The largest absolute Gasteiger partial charge is 0.288 e. The quantitative estimate of drug-likeness (QED) is 0.478. The van der Waals surface area contributed by atoms with Crippen molar-refractivity contribution in [2.24, 2.45) is 0 Å². The normalized spacial score (nSPS) is 10.3. The Labute approximate surface area is 138 Å². The number of nitrogens with zero attached hydrogens (tertiary/aromatic N) is 2. The van der Waals surface area contributed by atoms with Gasteiger partial charge in [-0.1, -0.05) is 35.9 Å². The van der Waals surface area contributed by atoms with Crippen molar-refractivity contribution in [2.75, 3.05) is 0 Å². The zero-order chi connectivity index (χ0) is 15.0. The van der Waals surface area contributed by atoms with Gasteiger partial charge in [-0.2, -0.15) is 0 Å². The average molecular weight is 335 g/mol. The van der Waals surface area contributed by atoms with Crippen LogP contribution in [0.15, 0.2) is 48.5 Å². The third-order valence-electron chi connectivity index (χ3n) is 3.36. The second kappa shape index (κ2) is 6.30. The van der Waals surface area contributed by atoms with Crippen LogP contribution in [0.2, 0.25) is 5.02 Å². The molecule has 0 saturated carbocycles. The molecule has 3 aromatic rings. The molecule has 4 nitrogen and oxygen atoms in total. The first-order chi connectivity index (χ1) is 10.1. The summed E-state index contributed by atoms with van der Waals surface area (Å²) in [4.78, 5) is 15.1. The van der Waals surface area contributed by atoms with Crippen LogP contribution in [-0.2, 0) is 0 Å². The second-order valence-electron chi connectivity index (χ2n) is 4.76. The number of aromatic nitrogens is 1. The summed E-state index contributed by atoms with van der Waals surface area (Å²) < 4.78 is 0. The van der Waals surface area contributed by atoms with Crippen LogP contribution in [-0.4, -0.2) is 9.91 Å². The zero-order valence-corrected chi connectivity index (χ0v) is 13.2. The van der Waals surface area contributed by atoms with Crippen molar-refractivity contribution >= 4 is 40.6 Å². The molecule has 3 rings (SSSR count). The molecule has 0 fully saturated rings. The Kier molecular flexibility index (Phi) is 4.64. The molecule has 0 unspecified atom stereocenters. The van der Waals surface area contributed by atoms with Crippen molar-refractivity contribution in [3.63, 3.8) is 0 Å². The number of halogens is 2. The highest BCUT2D eigenvalue weighted by Gasteiger charge is 2.14. The number of nitro groups is 1. The van der Waals surface area contributed by atoms with Gasteiger partial charge in [-0.05, 0) is 30.7 Å². The fraction of sp³-hybridized carbons (Fsp3) is 0.0625. The number of fused-ring (bicyclic) bond motifs is 1. The summed E-state index contributed by atoms with van der Waals surface area (Å²) in [7, 11) is 0. The Morgan fingerprint density at radius 1 is 1.14 bits per heavy atom. The molecule has 0 spiro atoms. The van der Waals surface area contributed by atoms with Gasteiger partial charge < -0.3 is 0 Å². The summed E-state index contributed by atoms with van der Waals surface area (Å²) in [6, 6.07) is 14.5. The van der Waals surface area contributed by atoms with E-state index in [-0.39, 0.29) is 23.1 Å². The van der Waals surface area contributed by atoms with Gasteiger partial charge >= 0.3 is 0 Å². The van der Waals surface area contributed by atoms with E-state index in [9.17, 15) is 10.1 Å². The van der Waals surface area contributed by atoms with E-state index in [4.69, 9.17) is 11.6 Å². The standard InChI is InChI=1S/C16H11ClN2O2.ClH/c1-10-8-15(18-14-5-3-2-4-12(10)14)11-6-7-13(17)16(9-11)19(20)21;/h2-9H,1H3;1H. The Morgan fingerprint density at radius 2 is 1.86 bits per heavy atom. The maximum absolute atomic E-state index is 11.0. The van der Waals surface area contributed by atoms with E-state index in [2.05, 4.69) is 4.98 Å². The van der Waals surface area contributed by atoms with Crippen molar-refractivity contribution in [3.8, 4) is 11.3 Å². The van der Waals surface area contributed by atoms with E-state index in [1.807, 2.05) is 37.3 Å². The minimum Gasteiger partial charge on any atom is -0.258 e. The van der Waals surface area contributed by atoms with Gasteiger partial charge in [0.1, 0.15) is 5.02 Å². The van der Waals surface area contributed by atoms with Crippen molar-refractivity contribution in [2.45, 2.75) is 6.92 Å². The van der Waals surface area contributed by atoms with Crippen LogP contribution in [0.3, 0.4) is 0 Å². The van der Waals surface area contributed by atoms with E-state index >= 15 is 0 Å². The summed E-state index contributed by atoms with van der Waals surface area (Å²) in [5.41, 5.74) is 3.21. The molecule has 2 aromatic carbocycles. The number of nitro benzene ring substituents is 1. The first-order valence-corrected chi connectivity index (χ1v) is 6.75. The molecule has 0 saturated heterocycles. The Balaban J connectivity index is 0.00000176. The second-order valence-corrected chi connectivity index (χ2v) is 5.17. The third kappa shape index (κ3) is 2.89. The molecule has 0 aliphatic carbocycles. The topological polar surface area (TPSA) is 56.0 Å². The van der Waals surface area contributed by atoms with Gasteiger partial charge in [0.25, 0.3) is 5.69 Å². The molecule has 0 amide bonds. The molecular formula is C16H12Cl2N2O2. The number of rotatable bonds is 2. The molecule has 22 heavy (non-hydrogen) atoms. The van der Waals surface area contributed by atoms with Crippen molar-refractivity contribution in [1.29, 1.82) is 0 Å². The maximum Gasteiger partial charge on any atom is 0.288 e. The van der Waals surface area contributed by atoms with Crippen molar-refractivity contribution in [1.82, 2.24) is 4.98 Å². The molecule has 1 heterocycles. The van der Waals surface area contributed by atoms with Gasteiger partial charge in [0, 0.05) is 17.0 Å². The fourth-order valence-electron chi connectivity index (χ4n) is 2.31. The summed E-state index contributed by atoms with van der Waals surface area (Å²) in [6.07, 6.45) is 0. The van der Waals surface area contributed by atoms with Crippen LogP contribution >= 0.6 is 24.0 Å². The molecular weight excluding hydrogens is 323 g/mol. The van der Waals surface area contributed by atoms with E-state index in [0.717, 1.165) is 16.5 Å². The van der Waals surface area contributed by atoms with Gasteiger partial charge in [0.05, 0.1) is 16.1 Å². The smallest absolute Gasteiger partial charge is 0.258 e. The van der Waals surface area contributed by atoms with Crippen LogP contribution < -0.4 is 0 Å². The van der Waals surface area contributed by atoms with E-state index < -0.39 is 4.92 Å². The monoisotopic (exact) mass is 334 g/mol. The zero-order valence-electron chi connectivity index (χ0n) is 11.6.